The van der Waals surface area contributed by atoms with Crippen molar-refractivity contribution in [3.63, 3.8) is 0 Å². The van der Waals surface area contributed by atoms with E-state index in [9.17, 15) is 8.42 Å². The Morgan fingerprint density at radius 3 is 2.05 bits per heavy atom. The van der Waals surface area contributed by atoms with Crippen molar-refractivity contribution in [1.29, 1.82) is 5.26 Å². The number of benzene rings is 1. The second-order valence-corrected chi connectivity index (χ2v) is 7.17. The van der Waals surface area contributed by atoms with Crippen molar-refractivity contribution < 1.29 is 8.42 Å². The lowest BCUT2D eigenvalue weighted by atomic mass is 10.1. The highest BCUT2D eigenvalue weighted by molar-refractivity contribution is 7.89. The Kier molecular flexibility index (Phi) is 3.08. The zero-order valence-corrected chi connectivity index (χ0v) is 11.4. The van der Waals surface area contributed by atoms with E-state index < -0.39 is 10.0 Å². The van der Waals surface area contributed by atoms with Crippen molar-refractivity contribution in [1.82, 2.24) is 4.72 Å². The van der Waals surface area contributed by atoms with E-state index in [4.69, 9.17) is 5.26 Å². The molecule has 0 unspecified atom stereocenters. The molecular weight excluding hydrogens is 260 g/mol. The fraction of sp³-hybridized carbons (Fsp3) is 0.500. The van der Waals surface area contributed by atoms with E-state index in [-0.39, 0.29) is 10.9 Å². The molecule has 1 aromatic carbocycles. The maximum absolute atomic E-state index is 12.3. The monoisotopic (exact) mass is 276 g/mol. The zero-order valence-electron chi connectivity index (χ0n) is 10.5. The highest BCUT2D eigenvalue weighted by atomic mass is 32.2. The van der Waals surface area contributed by atoms with Gasteiger partial charge in [-0.2, -0.15) is 5.26 Å². The van der Waals surface area contributed by atoms with Gasteiger partial charge in [-0.15, -0.1) is 0 Å². The van der Waals surface area contributed by atoms with E-state index in [1.807, 2.05) is 6.07 Å². The van der Waals surface area contributed by atoms with E-state index in [0.717, 1.165) is 25.7 Å². The SMILES string of the molecule is N#Cc1ccc(S(=O)(=O)NC(C2CC2)C2CC2)cc1. The van der Waals surface area contributed by atoms with Gasteiger partial charge in [-0.05, 0) is 61.8 Å². The van der Waals surface area contributed by atoms with E-state index in [0.29, 0.717) is 17.4 Å². The summed E-state index contributed by atoms with van der Waals surface area (Å²) in [5, 5.41) is 8.72. The third kappa shape index (κ3) is 2.80. The summed E-state index contributed by atoms with van der Waals surface area (Å²) >= 11 is 0. The van der Waals surface area contributed by atoms with Crippen LogP contribution in [-0.2, 0) is 10.0 Å². The number of rotatable bonds is 5. The second kappa shape index (κ2) is 4.62. The van der Waals surface area contributed by atoms with Crippen LogP contribution in [0.2, 0.25) is 0 Å². The molecule has 3 rings (SSSR count). The predicted molar refractivity (Wildman–Crippen MR) is 70.7 cm³/mol. The summed E-state index contributed by atoms with van der Waals surface area (Å²) in [6.07, 6.45) is 4.54. The van der Waals surface area contributed by atoms with Crippen LogP contribution in [0.4, 0.5) is 0 Å². The van der Waals surface area contributed by atoms with Gasteiger partial charge in [-0.1, -0.05) is 0 Å². The van der Waals surface area contributed by atoms with Gasteiger partial charge in [-0.25, -0.2) is 13.1 Å². The van der Waals surface area contributed by atoms with Gasteiger partial charge in [0.05, 0.1) is 16.5 Å². The topological polar surface area (TPSA) is 70.0 Å². The molecule has 2 aliphatic carbocycles. The van der Waals surface area contributed by atoms with E-state index in [1.165, 1.54) is 24.3 Å². The number of nitriles is 1. The summed E-state index contributed by atoms with van der Waals surface area (Å²) in [5.41, 5.74) is 0.472. The normalized spacial score (nSPS) is 19.4. The molecular formula is C14H16N2O2S. The molecule has 0 aliphatic heterocycles. The van der Waals surface area contributed by atoms with Crippen LogP contribution in [0.3, 0.4) is 0 Å². The van der Waals surface area contributed by atoms with Crippen LogP contribution in [0, 0.1) is 23.2 Å². The first kappa shape index (κ1) is 12.6. The van der Waals surface area contributed by atoms with Gasteiger partial charge in [0.2, 0.25) is 10.0 Å². The summed E-state index contributed by atoms with van der Waals surface area (Å²) in [6.45, 7) is 0. The van der Waals surface area contributed by atoms with Crippen LogP contribution in [0.15, 0.2) is 29.2 Å². The highest BCUT2D eigenvalue weighted by Gasteiger charge is 2.43. The van der Waals surface area contributed by atoms with Crippen molar-refractivity contribution in [2.24, 2.45) is 11.8 Å². The Hall–Kier alpha value is -1.38. The molecule has 100 valence electrons. The summed E-state index contributed by atoms with van der Waals surface area (Å²) in [7, 11) is -3.45. The highest BCUT2D eigenvalue weighted by Crippen LogP contribution is 2.45. The minimum Gasteiger partial charge on any atom is -0.208 e. The molecule has 0 saturated heterocycles. The molecule has 1 aromatic rings. The van der Waals surface area contributed by atoms with Crippen LogP contribution >= 0.6 is 0 Å². The third-order valence-corrected chi connectivity index (χ3v) is 5.32. The third-order valence-electron chi connectivity index (χ3n) is 3.84. The molecule has 0 atom stereocenters. The van der Waals surface area contributed by atoms with Crippen molar-refractivity contribution in [2.75, 3.05) is 0 Å². The molecule has 0 bridgehead atoms. The van der Waals surface area contributed by atoms with E-state index in [2.05, 4.69) is 4.72 Å². The first-order valence-electron chi connectivity index (χ1n) is 6.62. The van der Waals surface area contributed by atoms with Crippen LogP contribution in [0.1, 0.15) is 31.2 Å². The average Bonchev–Trinajstić information content (AvgIpc) is 3.29. The maximum Gasteiger partial charge on any atom is 0.240 e. The quantitative estimate of drug-likeness (QED) is 0.894. The maximum atomic E-state index is 12.3. The smallest absolute Gasteiger partial charge is 0.208 e. The van der Waals surface area contributed by atoms with Crippen LogP contribution < -0.4 is 4.72 Å². The minimum absolute atomic E-state index is 0.112. The first-order chi connectivity index (χ1) is 9.10. The predicted octanol–water partition coefficient (Wildman–Crippen LogP) is 2.03. The molecule has 0 aromatic heterocycles. The van der Waals surface area contributed by atoms with Gasteiger partial charge in [-0.3, -0.25) is 0 Å². The number of nitrogens with zero attached hydrogens (tertiary/aromatic N) is 1. The van der Waals surface area contributed by atoms with Gasteiger partial charge in [0.25, 0.3) is 0 Å². The lowest BCUT2D eigenvalue weighted by molar-refractivity contribution is 0.471. The molecule has 0 amide bonds. The summed E-state index contributed by atoms with van der Waals surface area (Å²) < 4.78 is 27.5. The number of sulfonamides is 1. The second-order valence-electron chi connectivity index (χ2n) is 5.46. The molecule has 19 heavy (non-hydrogen) atoms. The van der Waals surface area contributed by atoms with Gasteiger partial charge in [0, 0.05) is 6.04 Å². The summed E-state index contributed by atoms with van der Waals surface area (Å²) in [4.78, 5) is 0.248. The molecule has 5 heteroatoms. The van der Waals surface area contributed by atoms with Crippen molar-refractivity contribution in [3.05, 3.63) is 29.8 Å². The van der Waals surface area contributed by atoms with Crippen molar-refractivity contribution in [2.45, 2.75) is 36.6 Å². The molecule has 1 N–H and O–H groups in total. The van der Waals surface area contributed by atoms with Crippen LogP contribution in [0.25, 0.3) is 0 Å². The molecule has 2 saturated carbocycles. The van der Waals surface area contributed by atoms with Gasteiger partial charge < -0.3 is 0 Å². The number of hydrogen-bond acceptors (Lipinski definition) is 3. The summed E-state index contributed by atoms with van der Waals surface area (Å²) in [5.74, 6) is 1.06. The van der Waals surface area contributed by atoms with E-state index >= 15 is 0 Å². The van der Waals surface area contributed by atoms with Crippen LogP contribution in [0.5, 0.6) is 0 Å². The Balaban J connectivity index is 1.79. The zero-order chi connectivity index (χ0) is 13.5. The summed E-state index contributed by atoms with van der Waals surface area (Å²) in [6, 6.07) is 8.17. The Morgan fingerprint density at radius 2 is 1.63 bits per heavy atom. The molecule has 2 aliphatic rings. The fourth-order valence-electron chi connectivity index (χ4n) is 2.44. The molecule has 0 heterocycles. The molecule has 0 spiro atoms. The minimum atomic E-state index is -3.45. The van der Waals surface area contributed by atoms with Gasteiger partial charge in [0.15, 0.2) is 0 Å². The van der Waals surface area contributed by atoms with Crippen molar-refractivity contribution in [3.8, 4) is 6.07 Å². The Morgan fingerprint density at radius 1 is 1.11 bits per heavy atom. The van der Waals surface area contributed by atoms with Crippen molar-refractivity contribution >= 4 is 10.0 Å². The lowest BCUT2D eigenvalue weighted by Crippen LogP contribution is -2.38. The largest absolute Gasteiger partial charge is 0.240 e. The number of nitrogens with one attached hydrogen (secondary N) is 1. The van der Waals surface area contributed by atoms with Gasteiger partial charge >= 0.3 is 0 Å². The fourth-order valence-corrected chi connectivity index (χ4v) is 3.82. The standard InChI is InChI=1S/C14H16N2O2S/c15-9-10-1-7-13(8-2-10)19(17,18)16-14(11-3-4-11)12-5-6-12/h1-2,7-8,11-12,14,16H,3-6H2. The van der Waals surface area contributed by atoms with Crippen LogP contribution in [-0.4, -0.2) is 14.5 Å². The first-order valence-corrected chi connectivity index (χ1v) is 8.11. The average molecular weight is 276 g/mol. The van der Waals surface area contributed by atoms with E-state index in [1.54, 1.807) is 0 Å². The lowest BCUT2D eigenvalue weighted by Gasteiger charge is -2.17. The molecule has 0 radical (unpaired) electrons. The van der Waals surface area contributed by atoms with Gasteiger partial charge in [0.1, 0.15) is 0 Å². The Bertz CT molecular complexity index is 596. The molecule has 4 nitrogen and oxygen atoms in total. The Labute approximate surface area is 113 Å². The molecule has 2 fully saturated rings. The number of hydrogen-bond donors (Lipinski definition) is 1.